The van der Waals surface area contributed by atoms with E-state index in [2.05, 4.69) is 165 Å². The van der Waals surface area contributed by atoms with Crippen molar-refractivity contribution < 1.29 is 0 Å². The van der Waals surface area contributed by atoms with Crippen LogP contribution in [0.25, 0.3) is 72.3 Å². The lowest BCUT2D eigenvalue weighted by atomic mass is 9.95. The molecule has 3 aromatic heterocycles. The maximum Gasteiger partial charge on any atom is 0.138 e. The molecule has 0 atom stereocenters. The molecule has 0 aliphatic carbocycles. The Hall–Kier alpha value is -7.04. The lowest BCUT2D eigenvalue weighted by Gasteiger charge is -2.22. The molecular weight excluding hydrogens is 633 g/mol. The third-order valence-electron chi connectivity index (χ3n) is 9.99. The summed E-state index contributed by atoms with van der Waals surface area (Å²) in [5.74, 6) is 1.65. The summed E-state index contributed by atoms with van der Waals surface area (Å²) in [6.45, 7) is 0. The van der Waals surface area contributed by atoms with Crippen molar-refractivity contribution in [2.45, 2.75) is 0 Å². The van der Waals surface area contributed by atoms with Crippen molar-refractivity contribution in [3.63, 3.8) is 0 Å². The summed E-state index contributed by atoms with van der Waals surface area (Å²) in [5, 5.41) is 7.63. The predicted molar refractivity (Wildman–Crippen MR) is 218 cm³/mol. The van der Waals surface area contributed by atoms with E-state index in [0.29, 0.717) is 0 Å². The Morgan fingerprint density at radius 3 is 1.83 bits per heavy atom. The number of benzene rings is 7. The third-order valence-corrected chi connectivity index (χ3v) is 9.99. The van der Waals surface area contributed by atoms with E-state index in [4.69, 9.17) is 0 Å². The van der Waals surface area contributed by atoms with E-state index in [0.717, 1.165) is 28.5 Å². The van der Waals surface area contributed by atoms with Gasteiger partial charge in [-0.25, -0.2) is 9.97 Å². The zero-order chi connectivity index (χ0) is 34.4. The minimum atomic E-state index is 0.824. The molecule has 4 nitrogen and oxygen atoms in total. The first-order chi connectivity index (χ1) is 25.8. The fraction of sp³-hybridized carbons (Fsp3) is 0. The molecule has 10 rings (SSSR count). The largest absolute Gasteiger partial charge is 0.309 e. The molecule has 7 aromatic carbocycles. The summed E-state index contributed by atoms with van der Waals surface area (Å²) in [7, 11) is 0. The zero-order valence-corrected chi connectivity index (χ0v) is 28.3. The van der Waals surface area contributed by atoms with Gasteiger partial charge in [0.05, 0.1) is 11.0 Å². The van der Waals surface area contributed by atoms with Gasteiger partial charge < -0.3 is 4.57 Å². The van der Waals surface area contributed by atoms with Gasteiger partial charge in [-0.2, -0.15) is 0 Å². The van der Waals surface area contributed by atoms with Crippen LogP contribution in [-0.4, -0.2) is 14.5 Å². The maximum atomic E-state index is 4.59. The average molecular weight is 665 g/mol. The van der Waals surface area contributed by atoms with Crippen LogP contribution >= 0.6 is 0 Å². The summed E-state index contributed by atoms with van der Waals surface area (Å²) in [6.07, 6.45) is 7.95. The van der Waals surface area contributed by atoms with E-state index >= 15 is 0 Å². The van der Waals surface area contributed by atoms with Crippen molar-refractivity contribution >= 4 is 72.8 Å². The second-order valence-electron chi connectivity index (χ2n) is 13.2. The first-order valence-corrected chi connectivity index (χ1v) is 17.6. The lowest BCUT2D eigenvalue weighted by molar-refractivity contribution is 1.12. The summed E-state index contributed by atoms with van der Waals surface area (Å²) < 4.78 is 2.42. The van der Waals surface area contributed by atoms with Crippen LogP contribution in [0.4, 0.5) is 17.3 Å². The first-order valence-electron chi connectivity index (χ1n) is 17.6. The van der Waals surface area contributed by atoms with Crippen LogP contribution < -0.4 is 4.90 Å². The highest BCUT2D eigenvalue weighted by Gasteiger charge is 2.18. The third kappa shape index (κ3) is 5.17. The fourth-order valence-electron chi connectivity index (χ4n) is 7.54. The molecule has 0 saturated carbocycles. The van der Waals surface area contributed by atoms with Crippen LogP contribution in [0.1, 0.15) is 11.1 Å². The average Bonchev–Trinajstić information content (AvgIpc) is 3.56. The SMILES string of the molecule is C(=Cc1ccc2cc(-c3cc4ccc5cccc6c5c4c(c3)n6-c3ccccc3)ccc2c1)c1ccc(N(c2ccccn2)c2ccccn2)cc1. The van der Waals surface area contributed by atoms with Crippen molar-refractivity contribution in [1.29, 1.82) is 0 Å². The molecule has 0 radical (unpaired) electrons. The smallest absolute Gasteiger partial charge is 0.138 e. The maximum absolute atomic E-state index is 4.59. The van der Waals surface area contributed by atoms with Gasteiger partial charge in [-0.3, -0.25) is 4.90 Å². The molecule has 244 valence electrons. The van der Waals surface area contributed by atoms with Crippen molar-refractivity contribution in [2.24, 2.45) is 0 Å². The number of hydrogen-bond acceptors (Lipinski definition) is 3. The monoisotopic (exact) mass is 664 g/mol. The van der Waals surface area contributed by atoms with Gasteiger partial charge in [-0.15, -0.1) is 0 Å². The number of para-hydroxylation sites is 1. The quantitative estimate of drug-likeness (QED) is 0.126. The van der Waals surface area contributed by atoms with Crippen LogP contribution in [0.15, 0.2) is 182 Å². The second-order valence-corrected chi connectivity index (χ2v) is 13.2. The number of hydrogen-bond donors (Lipinski definition) is 0. The van der Waals surface area contributed by atoms with E-state index in [1.165, 1.54) is 60.2 Å². The molecule has 4 heteroatoms. The second kappa shape index (κ2) is 12.4. The van der Waals surface area contributed by atoms with E-state index in [1.807, 2.05) is 36.4 Å². The molecule has 10 aromatic rings. The topological polar surface area (TPSA) is 34.0 Å². The molecule has 0 N–H and O–H groups in total. The fourth-order valence-corrected chi connectivity index (χ4v) is 7.54. The van der Waals surface area contributed by atoms with Crippen LogP contribution in [0.2, 0.25) is 0 Å². The van der Waals surface area contributed by atoms with Crippen LogP contribution in [-0.2, 0) is 0 Å². The van der Waals surface area contributed by atoms with E-state index in [1.54, 1.807) is 12.4 Å². The number of nitrogens with zero attached hydrogens (tertiary/aromatic N) is 4. The lowest BCUT2D eigenvalue weighted by Crippen LogP contribution is -2.12. The molecule has 3 heterocycles. The zero-order valence-electron chi connectivity index (χ0n) is 28.3. The van der Waals surface area contributed by atoms with Gasteiger partial charge in [-0.1, -0.05) is 103 Å². The molecule has 0 unspecified atom stereocenters. The summed E-state index contributed by atoms with van der Waals surface area (Å²) in [5.41, 5.74) is 9.37. The Labute approximate surface area is 301 Å². The molecular formula is C48H32N4. The summed E-state index contributed by atoms with van der Waals surface area (Å²) in [6, 6.07) is 60.4. The minimum Gasteiger partial charge on any atom is -0.309 e. The van der Waals surface area contributed by atoms with Crippen molar-refractivity contribution in [1.82, 2.24) is 14.5 Å². The van der Waals surface area contributed by atoms with Crippen molar-refractivity contribution in [3.8, 4) is 16.8 Å². The molecule has 0 bridgehead atoms. The standard InChI is InChI=1S/C48H32N4/c1-2-10-41(11-3-1)51-43-12-8-9-35-21-24-39-31-40(32-44(51)48(39)47(35)43)38-23-22-36-29-34(17-20-37(36)30-38)16-15-33-18-25-42(26-19-33)52(45-13-4-6-27-49-45)46-14-5-7-28-50-46/h1-32H. The molecule has 0 spiro atoms. The van der Waals surface area contributed by atoms with E-state index < -0.39 is 0 Å². The van der Waals surface area contributed by atoms with Gasteiger partial charge in [-0.05, 0) is 123 Å². The highest BCUT2D eigenvalue weighted by Crippen LogP contribution is 2.41. The Balaban J connectivity index is 0.960. The number of pyridine rings is 2. The van der Waals surface area contributed by atoms with Gasteiger partial charge in [0.1, 0.15) is 11.6 Å². The van der Waals surface area contributed by atoms with Gasteiger partial charge >= 0.3 is 0 Å². The molecule has 52 heavy (non-hydrogen) atoms. The Bertz CT molecular complexity index is 2840. The molecule has 0 saturated heterocycles. The number of anilines is 3. The Morgan fingerprint density at radius 1 is 0.423 bits per heavy atom. The minimum absolute atomic E-state index is 0.824. The number of aromatic nitrogens is 3. The number of fused-ring (bicyclic) bond motifs is 1. The van der Waals surface area contributed by atoms with Crippen LogP contribution in [0, 0.1) is 0 Å². The van der Waals surface area contributed by atoms with Crippen molar-refractivity contribution in [2.75, 3.05) is 4.90 Å². The van der Waals surface area contributed by atoms with Crippen molar-refractivity contribution in [3.05, 3.63) is 193 Å². The van der Waals surface area contributed by atoms with Gasteiger partial charge in [0, 0.05) is 34.5 Å². The van der Waals surface area contributed by atoms with Gasteiger partial charge in [0.25, 0.3) is 0 Å². The predicted octanol–water partition coefficient (Wildman–Crippen LogP) is 12.6. The van der Waals surface area contributed by atoms with Crippen LogP contribution in [0.3, 0.4) is 0 Å². The molecule has 0 aliphatic heterocycles. The highest BCUT2D eigenvalue weighted by atomic mass is 15.2. The number of rotatable bonds is 7. The van der Waals surface area contributed by atoms with E-state index in [-0.39, 0.29) is 0 Å². The highest BCUT2D eigenvalue weighted by molar-refractivity contribution is 6.25. The van der Waals surface area contributed by atoms with Gasteiger partial charge in [0.2, 0.25) is 0 Å². The Kier molecular flexibility index (Phi) is 7.10. The first kappa shape index (κ1) is 29.8. The summed E-state index contributed by atoms with van der Waals surface area (Å²) in [4.78, 5) is 11.2. The van der Waals surface area contributed by atoms with Gasteiger partial charge in [0.15, 0.2) is 0 Å². The molecule has 0 aliphatic rings. The summed E-state index contributed by atoms with van der Waals surface area (Å²) >= 11 is 0. The molecule has 0 amide bonds. The molecule has 0 fully saturated rings. The van der Waals surface area contributed by atoms with Crippen LogP contribution in [0.5, 0.6) is 0 Å². The normalized spacial score (nSPS) is 11.8. The Morgan fingerprint density at radius 2 is 1.06 bits per heavy atom. The van der Waals surface area contributed by atoms with E-state index in [9.17, 15) is 0 Å².